The number of thioether (sulfide) groups is 1. The average Bonchev–Trinajstić information content (AvgIpc) is 2.76. The molecule has 1 aliphatic carbocycles. The molecule has 1 heterocycles. The maximum Gasteiger partial charge on any atom is 0.262 e. The Bertz CT molecular complexity index is 1050. The minimum absolute atomic E-state index is 0.0369. The number of aromatic nitrogens is 2. The largest absolute Gasteiger partial charge is 0.390 e. The molecule has 6 heteroatoms. The molecule has 0 spiro atoms. The average molecular weight is 411 g/mol. The van der Waals surface area contributed by atoms with Gasteiger partial charge in [-0.25, -0.2) is 4.98 Å². The first kappa shape index (κ1) is 20.1. The molecule has 152 valence electrons. The number of benzene rings is 2. The van der Waals surface area contributed by atoms with Crippen molar-refractivity contribution in [1.82, 2.24) is 9.55 Å². The van der Waals surface area contributed by atoms with Gasteiger partial charge >= 0.3 is 0 Å². The summed E-state index contributed by atoms with van der Waals surface area (Å²) < 4.78 is 7.72. The van der Waals surface area contributed by atoms with Crippen LogP contribution in [0.15, 0.2) is 58.5 Å². The lowest BCUT2D eigenvalue weighted by Crippen LogP contribution is -2.25. The van der Waals surface area contributed by atoms with Gasteiger partial charge in [-0.15, -0.1) is 0 Å². The minimum Gasteiger partial charge on any atom is -0.390 e. The Morgan fingerprint density at radius 2 is 2.03 bits per heavy atom. The summed E-state index contributed by atoms with van der Waals surface area (Å²) in [7, 11) is 0. The lowest BCUT2D eigenvalue weighted by molar-refractivity contribution is -0.00961. The van der Waals surface area contributed by atoms with Crippen LogP contribution < -0.4 is 5.56 Å². The number of para-hydroxylation sites is 1. The Hall–Kier alpha value is -2.15. The quantitative estimate of drug-likeness (QED) is 0.472. The molecule has 2 aromatic carbocycles. The van der Waals surface area contributed by atoms with E-state index < -0.39 is 6.10 Å². The number of aliphatic hydroxyl groups is 1. The molecule has 3 aromatic rings. The number of hydrogen-bond donors (Lipinski definition) is 1. The van der Waals surface area contributed by atoms with Crippen molar-refractivity contribution >= 4 is 22.7 Å². The zero-order valence-corrected chi connectivity index (χ0v) is 17.4. The maximum atomic E-state index is 12.7. The third-order valence-electron chi connectivity index (χ3n) is 5.35. The lowest BCUT2D eigenvalue weighted by Gasteiger charge is -2.26. The number of nitrogens with zero attached hydrogens (tertiary/aromatic N) is 2. The van der Waals surface area contributed by atoms with E-state index in [0.29, 0.717) is 28.4 Å². The number of rotatable bonds is 7. The van der Waals surface area contributed by atoms with Gasteiger partial charge in [0, 0.05) is 12.3 Å². The van der Waals surface area contributed by atoms with Crippen molar-refractivity contribution in [2.24, 2.45) is 0 Å². The first-order chi connectivity index (χ1) is 14.2. The molecule has 0 saturated heterocycles. The zero-order valence-electron chi connectivity index (χ0n) is 16.6. The number of aryl methyl sites for hydroxylation is 1. The van der Waals surface area contributed by atoms with Gasteiger partial charge < -0.3 is 9.84 Å². The van der Waals surface area contributed by atoms with E-state index in [1.807, 2.05) is 31.2 Å². The smallest absolute Gasteiger partial charge is 0.262 e. The van der Waals surface area contributed by atoms with E-state index in [9.17, 15) is 9.90 Å². The Balaban J connectivity index is 1.40. The maximum absolute atomic E-state index is 12.7. The van der Waals surface area contributed by atoms with E-state index in [2.05, 4.69) is 23.2 Å². The van der Waals surface area contributed by atoms with Gasteiger partial charge in [0.15, 0.2) is 5.16 Å². The third kappa shape index (κ3) is 4.39. The van der Waals surface area contributed by atoms with Crippen LogP contribution in [-0.2, 0) is 17.7 Å². The molecular weight excluding hydrogens is 384 g/mol. The first-order valence-corrected chi connectivity index (χ1v) is 11.2. The van der Waals surface area contributed by atoms with Crippen LogP contribution in [0.2, 0.25) is 0 Å². The Kier molecular flexibility index (Phi) is 6.33. The number of fused-ring (bicyclic) bond motifs is 2. The van der Waals surface area contributed by atoms with E-state index >= 15 is 0 Å². The molecule has 0 unspecified atom stereocenters. The highest BCUT2D eigenvalue weighted by Crippen LogP contribution is 2.32. The zero-order chi connectivity index (χ0) is 20.2. The summed E-state index contributed by atoms with van der Waals surface area (Å²) >= 11 is 1.40. The van der Waals surface area contributed by atoms with Crippen molar-refractivity contribution in [2.45, 2.75) is 50.1 Å². The summed E-state index contributed by atoms with van der Waals surface area (Å²) in [6.07, 6.45) is 2.61. The number of aliphatic hydroxyl groups excluding tert-OH is 1. The van der Waals surface area contributed by atoms with Crippen molar-refractivity contribution in [3.63, 3.8) is 0 Å². The predicted octanol–water partition coefficient (Wildman–Crippen LogP) is 3.96. The molecule has 0 amide bonds. The van der Waals surface area contributed by atoms with Gasteiger partial charge in [-0.3, -0.25) is 9.36 Å². The van der Waals surface area contributed by atoms with Gasteiger partial charge in [-0.2, -0.15) is 0 Å². The van der Waals surface area contributed by atoms with Crippen molar-refractivity contribution in [2.75, 3.05) is 12.4 Å². The highest BCUT2D eigenvalue weighted by atomic mass is 32.2. The van der Waals surface area contributed by atoms with E-state index in [1.165, 1.54) is 22.9 Å². The van der Waals surface area contributed by atoms with E-state index in [4.69, 9.17) is 4.74 Å². The van der Waals surface area contributed by atoms with Gasteiger partial charge in [0.1, 0.15) is 0 Å². The fraction of sp³-hybridized carbons (Fsp3) is 0.391. The number of hydrogen-bond acceptors (Lipinski definition) is 5. The van der Waals surface area contributed by atoms with Crippen molar-refractivity contribution in [3.05, 3.63) is 70.0 Å². The molecule has 29 heavy (non-hydrogen) atoms. The molecule has 0 saturated carbocycles. The lowest BCUT2D eigenvalue weighted by atomic mass is 9.89. The summed E-state index contributed by atoms with van der Waals surface area (Å²) in [5.41, 5.74) is 3.24. The predicted molar refractivity (Wildman–Crippen MR) is 116 cm³/mol. The summed E-state index contributed by atoms with van der Waals surface area (Å²) in [6.45, 7) is 2.75. The summed E-state index contributed by atoms with van der Waals surface area (Å²) in [4.78, 5) is 17.3. The van der Waals surface area contributed by atoms with E-state index in [-0.39, 0.29) is 18.3 Å². The van der Waals surface area contributed by atoms with Crippen LogP contribution in [0.1, 0.15) is 37.0 Å². The molecule has 1 aromatic heterocycles. The Morgan fingerprint density at radius 1 is 1.24 bits per heavy atom. The first-order valence-electron chi connectivity index (χ1n) is 10.2. The summed E-state index contributed by atoms with van der Waals surface area (Å²) in [5.74, 6) is 0.430. The molecule has 0 aliphatic heterocycles. The Labute approximate surface area is 174 Å². The van der Waals surface area contributed by atoms with Crippen molar-refractivity contribution in [3.8, 4) is 0 Å². The molecule has 1 N–H and O–H groups in total. The fourth-order valence-electron chi connectivity index (χ4n) is 3.87. The van der Waals surface area contributed by atoms with Crippen LogP contribution in [0, 0.1) is 0 Å². The molecule has 4 rings (SSSR count). The SMILES string of the molecule is CCn1c(SC[C@@H](O)CO[C@H]2CCCc3ccccc32)nc2ccccc2c1=O. The summed E-state index contributed by atoms with van der Waals surface area (Å²) in [5, 5.41) is 11.7. The second-order valence-corrected chi connectivity index (χ2v) is 8.33. The van der Waals surface area contributed by atoms with Gasteiger partial charge in [-0.1, -0.05) is 48.2 Å². The minimum atomic E-state index is -0.622. The summed E-state index contributed by atoms with van der Waals surface area (Å²) in [6, 6.07) is 15.8. The van der Waals surface area contributed by atoms with Crippen LogP contribution >= 0.6 is 11.8 Å². The topological polar surface area (TPSA) is 64.3 Å². The monoisotopic (exact) mass is 410 g/mol. The van der Waals surface area contributed by atoms with Crippen LogP contribution in [0.5, 0.6) is 0 Å². The van der Waals surface area contributed by atoms with Gasteiger partial charge in [0.2, 0.25) is 0 Å². The van der Waals surface area contributed by atoms with Crippen LogP contribution in [0.4, 0.5) is 0 Å². The number of ether oxygens (including phenoxy) is 1. The van der Waals surface area contributed by atoms with Crippen LogP contribution in [0.25, 0.3) is 10.9 Å². The molecule has 1 aliphatic rings. The Morgan fingerprint density at radius 3 is 2.90 bits per heavy atom. The normalized spacial score (nSPS) is 17.2. The van der Waals surface area contributed by atoms with Gasteiger partial charge in [0.05, 0.1) is 29.7 Å². The standard InChI is InChI=1S/C23H26N2O3S/c1-2-25-22(27)19-11-5-6-12-20(19)24-23(25)29-15-17(26)14-28-21-13-7-9-16-8-3-4-10-18(16)21/h3-6,8,10-12,17,21,26H,2,7,9,13-15H2,1H3/t17-,21-/m0/s1. The van der Waals surface area contributed by atoms with E-state index in [0.717, 1.165) is 19.3 Å². The molecule has 2 atom stereocenters. The molecular formula is C23H26N2O3S. The van der Waals surface area contributed by atoms with Crippen LogP contribution in [-0.4, -0.2) is 33.1 Å². The van der Waals surface area contributed by atoms with Crippen LogP contribution in [0.3, 0.4) is 0 Å². The molecule has 0 radical (unpaired) electrons. The van der Waals surface area contributed by atoms with Crippen molar-refractivity contribution in [1.29, 1.82) is 0 Å². The van der Waals surface area contributed by atoms with Gasteiger partial charge in [0.25, 0.3) is 5.56 Å². The highest BCUT2D eigenvalue weighted by molar-refractivity contribution is 7.99. The molecule has 0 fully saturated rings. The molecule has 5 nitrogen and oxygen atoms in total. The third-order valence-corrected chi connectivity index (χ3v) is 6.47. The van der Waals surface area contributed by atoms with E-state index in [1.54, 1.807) is 10.6 Å². The second kappa shape index (κ2) is 9.11. The highest BCUT2D eigenvalue weighted by Gasteiger charge is 2.21. The second-order valence-electron chi connectivity index (χ2n) is 7.34. The fourth-order valence-corrected chi connectivity index (χ4v) is 4.83. The molecule has 0 bridgehead atoms. The van der Waals surface area contributed by atoms with Gasteiger partial charge in [-0.05, 0) is 49.4 Å². The van der Waals surface area contributed by atoms with Crippen molar-refractivity contribution < 1.29 is 9.84 Å².